The van der Waals surface area contributed by atoms with E-state index in [0.717, 1.165) is 17.7 Å². The van der Waals surface area contributed by atoms with Gasteiger partial charge in [-0.3, -0.25) is 4.79 Å². The van der Waals surface area contributed by atoms with Crippen molar-refractivity contribution in [1.82, 2.24) is 9.97 Å². The number of halogens is 1. The molecule has 1 aromatic heterocycles. The molecule has 1 amide bonds. The largest absolute Gasteiger partial charge is 0.350 e. The van der Waals surface area contributed by atoms with Gasteiger partial charge in [-0.05, 0) is 35.7 Å². The van der Waals surface area contributed by atoms with Gasteiger partial charge in [0.1, 0.15) is 5.82 Å². The molecular formula is C20H17FN4O. The third-order valence-electron chi connectivity index (χ3n) is 4.39. The number of carbonyl (C=O) groups is 1. The first kappa shape index (κ1) is 16.2. The van der Waals surface area contributed by atoms with Crippen LogP contribution < -0.4 is 10.2 Å². The predicted octanol–water partition coefficient (Wildman–Crippen LogP) is 3.43. The molecule has 1 aliphatic rings. The minimum Gasteiger partial charge on any atom is -0.350 e. The van der Waals surface area contributed by atoms with Crippen LogP contribution in [0.1, 0.15) is 21.5 Å². The highest BCUT2D eigenvalue weighted by atomic mass is 19.1. The standard InChI is InChI=1S/C20H17FN4O/c21-17-7-5-14(6-8-17)11-22-20-23-12-16(13-24-20)19(26)25-10-9-15-3-1-2-4-18(15)25/h1-8,12-13H,9-11H2,(H,22,23,24). The molecule has 26 heavy (non-hydrogen) atoms. The van der Waals surface area contributed by atoms with Crippen molar-refractivity contribution in [3.05, 3.63) is 83.4 Å². The number of fused-ring (bicyclic) bond motifs is 1. The fraction of sp³-hybridized carbons (Fsp3) is 0.150. The Labute approximate surface area is 150 Å². The number of anilines is 2. The van der Waals surface area contributed by atoms with E-state index in [1.807, 2.05) is 24.3 Å². The van der Waals surface area contributed by atoms with E-state index in [4.69, 9.17) is 0 Å². The third kappa shape index (κ3) is 3.26. The molecular weight excluding hydrogens is 331 g/mol. The van der Waals surface area contributed by atoms with Crippen LogP contribution in [0.3, 0.4) is 0 Å². The van der Waals surface area contributed by atoms with Crippen molar-refractivity contribution >= 4 is 17.5 Å². The molecule has 2 aromatic carbocycles. The second-order valence-electron chi connectivity index (χ2n) is 6.11. The van der Waals surface area contributed by atoms with Crippen LogP contribution in [0.4, 0.5) is 16.0 Å². The van der Waals surface area contributed by atoms with Gasteiger partial charge in [-0.2, -0.15) is 0 Å². The number of rotatable bonds is 4. The lowest BCUT2D eigenvalue weighted by atomic mass is 10.2. The zero-order valence-electron chi connectivity index (χ0n) is 14.0. The Balaban J connectivity index is 1.43. The number of para-hydroxylation sites is 1. The van der Waals surface area contributed by atoms with Gasteiger partial charge < -0.3 is 10.2 Å². The zero-order valence-corrected chi connectivity index (χ0v) is 14.0. The Morgan fingerprint density at radius 1 is 1.08 bits per heavy atom. The molecule has 0 fully saturated rings. The highest BCUT2D eigenvalue weighted by molar-refractivity contribution is 6.06. The van der Waals surface area contributed by atoms with Crippen molar-refractivity contribution in [2.45, 2.75) is 13.0 Å². The first-order chi connectivity index (χ1) is 12.7. The summed E-state index contributed by atoms with van der Waals surface area (Å²) in [6.45, 7) is 1.15. The van der Waals surface area contributed by atoms with Gasteiger partial charge in [0.05, 0.1) is 5.56 Å². The van der Waals surface area contributed by atoms with Gasteiger partial charge in [0, 0.05) is 31.2 Å². The first-order valence-electron chi connectivity index (χ1n) is 8.41. The molecule has 4 rings (SSSR count). The monoisotopic (exact) mass is 348 g/mol. The molecule has 3 aromatic rings. The number of hydrogen-bond donors (Lipinski definition) is 1. The number of nitrogens with zero attached hydrogens (tertiary/aromatic N) is 3. The molecule has 0 aliphatic carbocycles. The highest BCUT2D eigenvalue weighted by Gasteiger charge is 2.25. The third-order valence-corrected chi connectivity index (χ3v) is 4.39. The van der Waals surface area contributed by atoms with Crippen molar-refractivity contribution in [2.75, 3.05) is 16.8 Å². The summed E-state index contributed by atoms with van der Waals surface area (Å²) in [4.78, 5) is 22.9. The Kier molecular flexibility index (Phi) is 4.31. The van der Waals surface area contributed by atoms with Crippen LogP contribution in [0.15, 0.2) is 60.9 Å². The van der Waals surface area contributed by atoms with Crippen molar-refractivity contribution in [1.29, 1.82) is 0 Å². The topological polar surface area (TPSA) is 58.1 Å². The molecule has 1 N–H and O–H groups in total. The van der Waals surface area contributed by atoms with E-state index in [-0.39, 0.29) is 11.7 Å². The summed E-state index contributed by atoms with van der Waals surface area (Å²) >= 11 is 0. The van der Waals surface area contributed by atoms with Crippen molar-refractivity contribution in [3.8, 4) is 0 Å². The number of amides is 1. The van der Waals surface area contributed by atoms with E-state index >= 15 is 0 Å². The minimum absolute atomic E-state index is 0.0972. The fourth-order valence-electron chi connectivity index (χ4n) is 3.02. The molecule has 5 nitrogen and oxygen atoms in total. The SMILES string of the molecule is O=C(c1cnc(NCc2ccc(F)cc2)nc1)N1CCc2ccccc21. The maximum atomic E-state index is 12.9. The molecule has 0 saturated carbocycles. The van der Waals surface area contributed by atoms with Gasteiger partial charge in [0.25, 0.3) is 5.91 Å². The van der Waals surface area contributed by atoms with Crippen LogP contribution in [0.5, 0.6) is 0 Å². The Bertz CT molecular complexity index is 925. The van der Waals surface area contributed by atoms with Gasteiger partial charge in [-0.15, -0.1) is 0 Å². The van der Waals surface area contributed by atoms with Crippen molar-refractivity contribution in [3.63, 3.8) is 0 Å². The minimum atomic E-state index is -0.267. The Hall–Kier alpha value is -3.28. The second-order valence-corrected chi connectivity index (χ2v) is 6.11. The number of carbonyl (C=O) groups excluding carboxylic acids is 1. The van der Waals surface area contributed by atoms with Gasteiger partial charge >= 0.3 is 0 Å². The summed E-state index contributed by atoms with van der Waals surface area (Å²) in [6.07, 6.45) is 3.92. The van der Waals surface area contributed by atoms with Crippen LogP contribution >= 0.6 is 0 Å². The lowest BCUT2D eigenvalue weighted by molar-refractivity contribution is 0.0988. The summed E-state index contributed by atoms with van der Waals surface area (Å²) in [5.41, 5.74) is 3.51. The maximum Gasteiger partial charge on any atom is 0.261 e. The molecule has 0 unspecified atom stereocenters. The molecule has 0 radical (unpaired) electrons. The van der Waals surface area contributed by atoms with E-state index in [1.54, 1.807) is 17.0 Å². The Morgan fingerprint density at radius 2 is 1.81 bits per heavy atom. The molecule has 2 heterocycles. The summed E-state index contributed by atoms with van der Waals surface area (Å²) in [5.74, 6) is 0.0593. The molecule has 0 spiro atoms. The van der Waals surface area contributed by atoms with E-state index in [1.165, 1.54) is 30.1 Å². The van der Waals surface area contributed by atoms with Crippen molar-refractivity contribution < 1.29 is 9.18 Å². The Morgan fingerprint density at radius 3 is 2.58 bits per heavy atom. The van der Waals surface area contributed by atoms with Crippen LogP contribution in [0, 0.1) is 5.82 Å². The maximum absolute atomic E-state index is 12.9. The number of hydrogen-bond acceptors (Lipinski definition) is 4. The summed E-state index contributed by atoms with van der Waals surface area (Å²) < 4.78 is 12.9. The lowest BCUT2D eigenvalue weighted by Crippen LogP contribution is -2.29. The number of benzene rings is 2. The first-order valence-corrected chi connectivity index (χ1v) is 8.41. The number of nitrogens with one attached hydrogen (secondary N) is 1. The van der Waals surface area contributed by atoms with Gasteiger partial charge in [-0.1, -0.05) is 30.3 Å². The van der Waals surface area contributed by atoms with Gasteiger partial charge in [-0.25, -0.2) is 14.4 Å². The molecule has 0 bridgehead atoms. The summed E-state index contributed by atoms with van der Waals surface area (Å²) in [6, 6.07) is 14.1. The van der Waals surface area contributed by atoms with Crippen LogP contribution in [-0.4, -0.2) is 22.4 Å². The summed E-state index contributed by atoms with van der Waals surface area (Å²) in [7, 11) is 0. The highest BCUT2D eigenvalue weighted by Crippen LogP contribution is 2.28. The summed E-state index contributed by atoms with van der Waals surface area (Å²) in [5, 5.41) is 3.06. The quantitative estimate of drug-likeness (QED) is 0.785. The van der Waals surface area contributed by atoms with Gasteiger partial charge in [0.15, 0.2) is 0 Å². The molecule has 0 saturated heterocycles. The molecule has 0 atom stereocenters. The van der Waals surface area contributed by atoms with E-state index in [2.05, 4.69) is 15.3 Å². The van der Waals surface area contributed by atoms with Crippen LogP contribution in [-0.2, 0) is 13.0 Å². The lowest BCUT2D eigenvalue weighted by Gasteiger charge is -2.17. The van der Waals surface area contributed by atoms with Gasteiger partial charge in [0.2, 0.25) is 5.95 Å². The average Bonchev–Trinajstić information content (AvgIpc) is 3.11. The zero-order chi connectivity index (χ0) is 17.9. The van der Waals surface area contributed by atoms with Crippen LogP contribution in [0.25, 0.3) is 0 Å². The predicted molar refractivity (Wildman–Crippen MR) is 97.6 cm³/mol. The molecule has 130 valence electrons. The van der Waals surface area contributed by atoms with Crippen LogP contribution in [0.2, 0.25) is 0 Å². The average molecular weight is 348 g/mol. The smallest absolute Gasteiger partial charge is 0.261 e. The fourth-order valence-corrected chi connectivity index (χ4v) is 3.02. The molecule has 1 aliphatic heterocycles. The molecule has 6 heteroatoms. The van der Waals surface area contributed by atoms with E-state index in [0.29, 0.717) is 24.6 Å². The van der Waals surface area contributed by atoms with Crippen molar-refractivity contribution in [2.24, 2.45) is 0 Å². The second kappa shape index (κ2) is 6.92. The number of aromatic nitrogens is 2. The van der Waals surface area contributed by atoms with E-state index in [9.17, 15) is 9.18 Å². The van der Waals surface area contributed by atoms with E-state index < -0.39 is 0 Å². The normalized spacial score (nSPS) is 12.7.